The van der Waals surface area contributed by atoms with Gasteiger partial charge in [-0.3, -0.25) is 9.59 Å². The lowest BCUT2D eigenvalue weighted by Gasteiger charge is -2.41. The van der Waals surface area contributed by atoms with E-state index in [1.807, 2.05) is 36.7 Å². The van der Waals surface area contributed by atoms with Crippen LogP contribution in [0.25, 0.3) is 10.4 Å². The first kappa shape index (κ1) is 33.2. The number of aromatic nitrogens is 1. The summed E-state index contributed by atoms with van der Waals surface area (Å²) in [6.07, 6.45) is 2.69. The molecule has 2 heterocycles. The van der Waals surface area contributed by atoms with Gasteiger partial charge in [-0.15, -0.1) is 11.3 Å². The monoisotopic (exact) mass is 584 g/mol. The van der Waals surface area contributed by atoms with Gasteiger partial charge in [-0.05, 0) is 47.1 Å². The van der Waals surface area contributed by atoms with E-state index in [0.29, 0.717) is 13.1 Å². The predicted octanol–water partition coefficient (Wildman–Crippen LogP) is 5.94. The van der Waals surface area contributed by atoms with Gasteiger partial charge in [0.05, 0.1) is 28.2 Å². The number of hydrogen-bond donors (Lipinski definition) is 3. The van der Waals surface area contributed by atoms with Crippen LogP contribution in [-0.4, -0.2) is 58.1 Å². The van der Waals surface area contributed by atoms with Gasteiger partial charge in [-0.25, -0.2) is 4.98 Å². The summed E-state index contributed by atoms with van der Waals surface area (Å²) in [6.45, 7) is 20.8. The quantitative estimate of drug-likeness (QED) is 0.287. The lowest BCUT2D eigenvalue weighted by Crippen LogP contribution is -2.58. The zero-order valence-electron chi connectivity index (χ0n) is 26.6. The first-order chi connectivity index (χ1) is 19.1. The van der Waals surface area contributed by atoms with Crippen LogP contribution < -0.4 is 10.6 Å². The van der Waals surface area contributed by atoms with Crippen LogP contribution in [0.5, 0.6) is 0 Å². The first-order valence-electron chi connectivity index (χ1n) is 15.1. The third-order valence-electron chi connectivity index (χ3n) is 8.86. The van der Waals surface area contributed by atoms with Gasteiger partial charge in [-0.2, -0.15) is 0 Å². The number of carbonyl (C=O) groups excluding carboxylic acids is 2. The van der Waals surface area contributed by atoms with E-state index in [9.17, 15) is 14.7 Å². The molecule has 41 heavy (non-hydrogen) atoms. The number of aliphatic hydroxyl groups is 1. The summed E-state index contributed by atoms with van der Waals surface area (Å²) in [4.78, 5) is 34.4. The van der Waals surface area contributed by atoms with E-state index in [1.165, 1.54) is 0 Å². The highest BCUT2D eigenvalue weighted by atomic mass is 32.1. The molecule has 3 rings (SSSR count). The smallest absolute Gasteiger partial charge is 0.243 e. The molecule has 0 saturated carbocycles. The Morgan fingerprint density at radius 3 is 2.29 bits per heavy atom. The number of hydrogen-bond acceptors (Lipinski definition) is 6. The maximum Gasteiger partial charge on any atom is 0.243 e. The summed E-state index contributed by atoms with van der Waals surface area (Å²) in [6, 6.07) is 6.93. The highest BCUT2D eigenvalue weighted by molar-refractivity contribution is 7.13. The molecular weight excluding hydrogens is 532 g/mol. The number of aliphatic hydroxyl groups excluding tert-OH is 1. The second kappa shape index (κ2) is 13.3. The topological polar surface area (TPSA) is 94.6 Å². The van der Waals surface area contributed by atoms with Gasteiger partial charge in [-0.1, -0.05) is 86.1 Å². The van der Waals surface area contributed by atoms with E-state index in [1.54, 1.807) is 16.2 Å². The second-order valence-electron chi connectivity index (χ2n) is 14.1. The lowest BCUT2D eigenvalue weighted by atomic mass is 9.71. The fraction of sp³-hybridized carbons (Fsp3) is 0.667. The number of rotatable bonds is 12. The molecule has 228 valence electrons. The fourth-order valence-corrected chi connectivity index (χ4v) is 6.65. The minimum Gasteiger partial charge on any atom is -0.391 e. The number of likely N-dealkylation sites (tertiary alicyclic amines) is 1. The zero-order valence-corrected chi connectivity index (χ0v) is 27.5. The largest absolute Gasteiger partial charge is 0.391 e. The molecule has 1 aliphatic heterocycles. The minimum absolute atomic E-state index is 0.0405. The van der Waals surface area contributed by atoms with Crippen LogP contribution in [0.4, 0.5) is 0 Å². The molecule has 8 heteroatoms. The van der Waals surface area contributed by atoms with Gasteiger partial charge in [0.15, 0.2) is 0 Å². The molecule has 1 fully saturated rings. The van der Waals surface area contributed by atoms with Crippen LogP contribution in [0.1, 0.15) is 92.3 Å². The molecule has 0 spiro atoms. The summed E-state index contributed by atoms with van der Waals surface area (Å²) in [5, 5.41) is 17.2. The van der Waals surface area contributed by atoms with Crippen LogP contribution in [-0.2, 0) is 16.1 Å². The van der Waals surface area contributed by atoms with E-state index < -0.39 is 18.2 Å². The molecule has 3 N–H and O–H groups in total. The summed E-state index contributed by atoms with van der Waals surface area (Å²) in [5.74, 6) is -0.347. The average molecular weight is 585 g/mol. The minimum atomic E-state index is -0.719. The van der Waals surface area contributed by atoms with Crippen molar-refractivity contribution >= 4 is 23.2 Å². The highest BCUT2D eigenvalue weighted by Gasteiger charge is 2.44. The van der Waals surface area contributed by atoms with Crippen molar-refractivity contribution in [2.75, 3.05) is 13.1 Å². The Labute approximate surface area is 251 Å². The third kappa shape index (κ3) is 8.62. The van der Waals surface area contributed by atoms with Crippen molar-refractivity contribution in [3.63, 3.8) is 0 Å². The van der Waals surface area contributed by atoms with Crippen LogP contribution in [0.2, 0.25) is 0 Å². The van der Waals surface area contributed by atoms with Crippen molar-refractivity contribution in [2.24, 2.45) is 16.2 Å². The van der Waals surface area contributed by atoms with E-state index in [2.05, 4.69) is 71.0 Å². The Morgan fingerprint density at radius 1 is 1.10 bits per heavy atom. The number of benzene rings is 1. The van der Waals surface area contributed by atoms with Gasteiger partial charge in [0, 0.05) is 26.1 Å². The van der Waals surface area contributed by atoms with Crippen molar-refractivity contribution in [3.05, 3.63) is 41.0 Å². The number of aryl methyl sites for hydroxylation is 1. The number of β-amino-alcohol motifs (C(OH)–C–C–N with tert-alkyl or cyclic N) is 1. The Bertz CT molecular complexity index is 1170. The fourth-order valence-electron chi connectivity index (χ4n) is 5.84. The Hall–Kier alpha value is -2.29. The highest BCUT2D eigenvalue weighted by Crippen LogP contribution is 2.38. The molecule has 1 unspecified atom stereocenters. The molecule has 1 saturated heterocycles. The number of nitrogens with one attached hydrogen (secondary N) is 2. The van der Waals surface area contributed by atoms with Gasteiger partial charge >= 0.3 is 0 Å². The summed E-state index contributed by atoms with van der Waals surface area (Å²) >= 11 is 1.61. The molecule has 1 aromatic heterocycles. The van der Waals surface area contributed by atoms with Gasteiger partial charge in [0.2, 0.25) is 11.8 Å². The summed E-state index contributed by atoms with van der Waals surface area (Å²) < 4.78 is 0. The normalized spacial score (nSPS) is 20.1. The molecular formula is C33H52N4O3S. The molecule has 7 nitrogen and oxygen atoms in total. The average Bonchev–Trinajstić information content (AvgIpc) is 3.52. The maximum absolute atomic E-state index is 14.0. The van der Waals surface area contributed by atoms with Crippen molar-refractivity contribution in [2.45, 2.75) is 113 Å². The van der Waals surface area contributed by atoms with E-state index in [4.69, 9.17) is 0 Å². The Morgan fingerprint density at radius 2 is 1.76 bits per heavy atom. The molecule has 0 aliphatic carbocycles. The van der Waals surface area contributed by atoms with Crippen molar-refractivity contribution in [3.8, 4) is 10.4 Å². The van der Waals surface area contributed by atoms with E-state index in [0.717, 1.165) is 41.0 Å². The second-order valence-corrected chi connectivity index (χ2v) is 15.0. The summed E-state index contributed by atoms with van der Waals surface area (Å²) in [7, 11) is 0. The van der Waals surface area contributed by atoms with Crippen molar-refractivity contribution in [1.29, 1.82) is 0 Å². The molecule has 0 bridgehead atoms. The molecule has 4 atom stereocenters. The first-order valence-corrected chi connectivity index (χ1v) is 16.0. The standard InChI is InChI=1S/C33H52N4O3S/c1-10-32(7,8)19-33(9,11-2)20-35-28(31(4,5)6)30(40)37-18-25(38)16-26(37)29(39)34-17-23-12-14-24(15-13-23)27-22(3)36-21-41-27/h12-15,21,25-26,28,35,38H,10-11,16-20H2,1-9H3,(H,34,39)/t25-,26+,28-,33?/m1/s1. The van der Waals surface area contributed by atoms with Crippen molar-refractivity contribution in [1.82, 2.24) is 20.5 Å². The maximum atomic E-state index is 14.0. The van der Waals surface area contributed by atoms with Crippen LogP contribution in [0.15, 0.2) is 29.8 Å². The molecule has 0 radical (unpaired) electrons. The lowest BCUT2D eigenvalue weighted by molar-refractivity contribution is -0.142. The number of carbonyl (C=O) groups is 2. The van der Waals surface area contributed by atoms with E-state index in [-0.39, 0.29) is 41.0 Å². The number of thiazole rings is 1. The van der Waals surface area contributed by atoms with Gasteiger partial charge in [0.25, 0.3) is 0 Å². The molecule has 1 aromatic carbocycles. The van der Waals surface area contributed by atoms with Gasteiger partial charge < -0.3 is 20.6 Å². The predicted molar refractivity (Wildman–Crippen MR) is 169 cm³/mol. The third-order valence-corrected chi connectivity index (χ3v) is 9.83. The van der Waals surface area contributed by atoms with Crippen molar-refractivity contribution < 1.29 is 14.7 Å². The number of nitrogens with zero attached hydrogens (tertiary/aromatic N) is 2. The zero-order chi connectivity index (χ0) is 30.6. The molecule has 1 aliphatic rings. The van der Waals surface area contributed by atoms with E-state index >= 15 is 0 Å². The van der Waals surface area contributed by atoms with Crippen LogP contribution >= 0.6 is 11.3 Å². The molecule has 2 amide bonds. The number of amides is 2. The Kier molecular flexibility index (Phi) is 10.8. The Balaban J connectivity index is 1.68. The molecule has 2 aromatic rings. The SMILES string of the molecule is CCC(C)(C)CC(C)(CC)CN[C@H](C(=O)N1C[C@H](O)C[C@H]1C(=O)NCc1ccc(-c2scnc2C)cc1)C(C)(C)C. The van der Waals surface area contributed by atoms with Gasteiger partial charge in [0.1, 0.15) is 6.04 Å². The van der Waals surface area contributed by atoms with Crippen LogP contribution in [0.3, 0.4) is 0 Å². The summed E-state index contributed by atoms with van der Waals surface area (Å²) in [5.41, 5.74) is 4.83. The van der Waals surface area contributed by atoms with Crippen LogP contribution in [0, 0.1) is 23.2 Å².